The number of aromatic nitrogens is 2. The van der Waals surface area contributed by atoms with Gasteiger partial charge in [0.05, 0.1) is 11.6 Å². The van der Waals surface area contributed by atoms with Gasteiger partial charge in [-0.25, -0.2) is 22.6 Å². The molecule has 2 aromatic heterocycles. The van der Waals surface area contributed by atoms with Crippen LogP contribution in [0.5, 0.6) is 0 Å². The number of nitrogens with one attached hydrogen (secondary N) is 1. The van der Waals surface area contributed by atoms with Crippen molar-refractivity contribution in [3.63, 3.8) is 0 Å². The number of hydrogen-bond donors (Lipinski definition) is 1. The molecular formula is C26H26F2N4O4S. The molecule has 4 aromatic rings. The Labute approximate surface area is 212 Å². The van der Waals surface area contributed by atoms with Gasteiger partial charge in [0.1, 0.15) is 16.5 Å². The van der Waals surface area contributed by atoms with E-state index in [0.29, 0.717) is 0 Å². The van der Waals surface area contributed by atoms with Crippen molar-refractivity contribution >= 4 is 26.9 Å². The third-order valence-corrected chi connectivity index (χ3v) is 7.99. The minimum atomic E-state index is -4.48. The van der Waals surface area contributed by atoms with Crippen LogP contribution in [0.25, 0.3) is 11.1 Å². The van der Waals surface area contributed by atoms with Crippen LogP contribution < -0.4 is 10.5 Å². The molecule has 5 rings (SSSR count). The van der Waals surface area contributed by atoms with E-state index in [-0.39, 0.29) is 16.9 Å². The molecule has 1 N–H and O–H groups in total. The monoisotopic (exact) mass is 528 g/mol. The average molecular weight is 529 g/mol. The highest BCUT2D eigenvalue weighted by molar-refractivity contribution is 7.92. The molecule has 0 aliphatic carbocycles. The molecule has 1 saturated heterocycles. The standard InChI is InChI=1S/C26H26F2N4O4S/c1-17(19-8-2-6-18(14-19)7-4-11-31-12-5-13-31)32-21-15-20(27)23(16-22(21)36-26(32)33)37(34,35)30-25-10-3-9-24(28)29-25/h2-3,6,8-10,14-17H,4-5,7,11-13H2,1H3,(H,29,30). The van der Waals surface area contributed by atoms with Crippen LogP contribution in [0.4, 0.5) is 14.6 Å². The number of nitrogens with zero attached hydrogens (tertiary/aromatic N) is 3. The molecule has 1 aliphatic rings. The molecule has 1 unspecified atom stereocenters. The van der Waals surface area contributed by atoms with E-state index in [1.807, 2.05) is 29.0 Å². The molecule has 0 bridgehead atoms. The maximum atomic E-state index is 15.1. The Morgan fingerprint density at radius 3 is 2.62 bits per heavy atom. The van der Waals surface area contributed by atoms with Crippen molar-refractivity contribution in [3.05, 3.63) is 88.0 Å². The number of sulfonamides is 1. The van der Waals surface area contributed by atoms with Crippen molar-refractivity contribution in [2.45, 2.75) is 37.1 Å². The number of oxazole rings is 1. The van der Waals surface area contributed by atoms with E-state index < -0.39 is 38.5 Å². The second-order valence-electron chi connectivity index (χ2n) is 9.16. The van der Waals surface area contributed by atoms with Gasteiger partial charge in [-0.1, -0.05) is 30.3 Å². The fourth-order valence-electron chi connectivity index (χ4n) is 4.54. The Morgan fingerprint density at radius 2 is 1.89 bits per heavy atom. The Balaban J connectivity index is 1.42. The molecule has 1 fully saturated rings. The highest BCUT2D eigenvalue weighted by atomic mass is 32.2. The third-order valence-electron chi connectivity index (χ3n) is 6.62. The van der Waals surface area contributed by atoms with E-state index in [4.69, 9.17) is 4.42 Å². The van der Waals surface area contributed by atoms with E-state index >= 15 is 4.39 Å². The number of rotatable bonds is 9. The zero-order chi connectivity index (χ0) is 26.2. The van der Waals surface area contributed by atoms with Gasteiger partial charge in [0.25, 0.3) is 10.0 Å². The maximum absolute atomic E-state index is 15.1. The van der Waals surface area contributed by atoms with Gasteiger partial charge < -0.3 is 9.32 Å². The SMILES string of the molecule is CC(c1cccc(CCCN2CCC2)c1)n1c(=O)oc2cc(S(=O)(=O)Nc3cccc(F)n3)c(F)cc21. The van der Waals surface area contributed by atoms with E-state index in [2.05, 4.69) is 9.88 Å². The molecule has 194 valence electrons. The van der Waals surface area contributed by atoms with E-state index in [1.54, 1.807) is 6.92 Å². The van der Waals surface area contributed by atoms with Crippen molar-refractivity contribution in [3.8, 4) is 0 Å². The molecule has 2 aromatic carbocycles. The van der Waals surface area contributed by atoms with Crippen LogP contribution in [0.1, 0.15) is 36.9 Å². The molecule has 0 radical (unpaired) electrons. The predicted molar refractivity (Wildman–Crippen MR) is 135 cm³/mol. The Morgan fingerprint density at radius 1 is 1.11 bits per heavy atom. The van der Waals surface area contributed by atoms with Crippen molar-refractivity contribution in [2.75, 3.05) is 24.4 Å². The van der Waals surface area contributed by atoms with Crippen LogP contribution in [-0.4, -0.2) is 42.5 Å². The van der Waals surface area contributed by atoms with Crippen LogP contribution in [0.2, 0.25) is 0 Å². The van der Waals surface area contributed by atoms with E-state index in [0.717, 1.165) is 61.8 Å². The highest BCUT2D eigenvalue weighted by Crippen LogP contribution is 2.28. The second-order valence-corrected chi connectivity index (χ2v) is 10.8. The average Bonchev–Trinajstić information content (AvgIpc) is 3.14. The van der Waals surface area contributed by atoms with E-state index in [9.17, 15) is 17.6 Å². The van der Waals surface area contributed by atoms with Crippen LogP contribution in [0, 0.1) is 11.8 Å². The number of aryl methyl sites for hydroxylation is 1. The van der Waals surface area contributed by atoms with Crippen LogP contribution in [-0.2, 0) is 16.4 Å². The summed E-state index contributed by atoms with van der Waals surface area (Å²) >= 11 is 0. The van der Waals surface area contributed by atoms with Crippen LogP contribution in [0.15, 0.2) is 68.7 Å². The number of anilines is 1. The van der Waals surface area contributed by atoms with Crippen molar-refractivity contribution < 1.29 is 21.6 Å². The smallest absolute Gasteiger partial charge is 0.408 e. The number of likely N-dealkylation sites (tertiary alicyclic amines) is 1. The summed E-state index contributed by atoms with van der Waals surface area (Å²) in [6, 6.07) is 12.8. The number of hydrogen-bond acceptors (Lipinski definition) is 6. The topological polar surface area (TPSA) is 97.4 Å². The van der Waals surface area contributed by atoms with Gasteiger partial charge in [0.2, 0.25) is 5.95 Å². The molecule has 37 heavy (non-hydrogen) atoms. The Kier molecular flexibility index (Phi) is 6.82. The molecule has 0 amide bonds. The largest absolute Gasteiger partial charge is 0.420 e. The van der Waals surface area contributed by atoms with Crippen LogP contribution >= 0.6 is 0 Å². The first-order valence-electron chi connectivity index (χ1n) is 12.0. The van der Waals surface area contributed by atoms with Crippen molar-refractivity contribution in [1.82, 2.24) is 14.5 Å². The summed E-state index contributed by atoms with van der Waals surface area (Å²) in [7, 11) is -4.48. The van der Waals surface area contributed by atoms with E-state index in [1.165, 1.54) is 23.1 Å². The summed E-state index contributed by atoms with van der Waals surface area (Å²) in [6.07, 6.45) is 3.20. The van der Waals surface area contributed by atoms with Crippen molar-refractivity contribution in [1.29, 1.82) is 0 Å². The molecular weight excluding hydrogens is 502 g/mol. The predicted octanol–water partition coefficient (Wildman–Crippen LogP) is 4.32. The lowest BCUT2D eigenvalue weighted by molar-refractivity contribution is 0.179. The van der Waals surface area contributed by atoms with Gasteiger partial charge in [-0.05, 0) is 69.1 Å². The quantitative estimate of drug-likeness (QED) is 0.325. The molecule has 8 nitrogen and oxygen atoms in total. The van der Waals surface area contributed by atoms with Gasteiger partial charge in [-0.3, -0.25) is 9.29 Å². The van der Waals surface area contributed by atoms with Gasteiger partial charge >= 0.3 is 5.76 Å². The summed E-state index contributed by atoms with van der Waals surface area (Å²) in [4.78, 5) is 17.9. The highest BCUT2D eigenvalue weighted by Gasteiger charge is 2.25. The molecule has 3 heterocycles. The maximum Gasteiger partial charge on any atom is 0.420 e. The van der Waals surface area contributed by atoms with Gasteiger partial charge in [-0.15, -0.1) is 0 Å². The summed E-state index contributed by atoms with van der Waals surface area (Å²) in [5.41, 5.74) is 2.03. The fourth-order valence-corrected chi connectivity index (χ4v) is 5.61. The molecule has 0 saturated carbocycles. The lowest BCUT2D eigenvalue weighted by atomic mass is 10.0. The zero-order valence-electron chi connectivity index (χ0n) is 20.2. The van der Waals surface area contributed by atoms with Gasteiger partial charge in [0.15, 0.2) is 5.58 Å². The third kappa shape index (κ3) is 5.28. The van der Waals surface area contributed by atoms with Crippen LogP contribution in [0.3, 0.4) is 0 Å². The molecule has 11 heteroatoms. The van der Waals surface area contributed by atoms with Crippen molar-refractivity contribution in [2.24, 2.45) is 0 Å². The molecule has 1 atom stereocenters. The summed E-state index contributed by atoms with van der Waals surface area (Å²) in [6.45, 7) is 5.17. The zero-order valence-corrected chi connectivity index (χ0v) is 21.0. The number of benzene rings is 2. The normalized spacial score (nSPS) is 15.0. The summed E-state index contributed by atoms with van der Waals surface area (Å²) in [5, 5.41) is 0. The Bertz CT molecular complexity index is 1610. The number of fused-ring (bicyclic) bond motifs is 1. The Hall–Kier alpha value is -3.57. The summed E-state index contributed by atoms with van der Waals surface area (Å²) in [5.74, 6) is -3.03. The first kappa shape index (κ1) is 25.1. The first-order chi connectivity index (χ1) is 17.7. The number of pyridine rings is 1. The minimum absolute atomic E-state index is 0.0865. The second kappa shape index (κ2) is 10.1. The summed E-state index contributed by atoms with van der Waals surface area (Å²) < 4.78 is 62.6. The minimum Gasteiger partial charge on any atom is -0.408 e. The van der Waals surface area contributed by atoms with Gasteiger partial charge in [0, 0.05) is 12.1 Å². The first-order valence-corrected chi connectivity index (χ1v) is 13.5. The van der Waals surface area contributed by atoms with Gasteiger partial charge in [-0.2, -0.15) is 4.39 Å². The molecule has 0 spiro atoms. The number of halogens is 2. The fraction of sp³-hybridized carbons (Fsp3) is 0.308. The molecule has 1 aliphatic heterocycles. The lowest BCUT2D eigenvalue weighted by Crippen LogP contribution is -2.37. The lowest BCUT2D eigenvalue weighted by Gasteiger charge is -2.30.